The lowest BCUT2D eigenvalue weighted by atomic mass is 9.82. The van der Waals surface area contributed by atoms with E-state index in [-0.39, 0.29) is 39.9 Å². The van der Waals surface area contributed by atoms with Crippen LogP contribution in [-0.2, 0) is 0 Å². The maximum Gasteiger partial charge on any atom is 0.259 e. The van der Waals surface area contributed by atoms with Gasteiger partial charge in [-0.2, -0.15) is 5.11 Å². The molecule has 14 rings (SSSR count). The summed E-state index contributed by atoms with van der Waals surface area (Å²) in [7, 11) is 0. The number of aromatic hydroxyl groups is 2. The molecule has 0 aliphatic heterocycles. The predicted molar refractivity (Wildman–Crippen MR) is 319 cm³/mol. The van der Waals surface area contributed by atoms with Gasteiger partial charge in [0.2, 0.25) is 0 Å². The molecule has 0 saturated heterocycles. The Morgan fingerprint density at radius 2 is 1.07 bits per heavy atom. The number of hydrogen-bond donors (Lipinski definition) is 6. The van der Waals surface area contributed by atoms with Crippen LogP contribution in [0.4, 0.5) is 34.1 Å². The van der Waals surface area contributed by atoms with Gasteiger partial charge >= 0.3 is 0 Å². The van der Waals surface area contributed by atoms with Crippen molar-refractivity contribution >= 4 is 151 Å². The number of amides is 2. The molecule has 2 heterocycles. The summed E-state index contributed by atoms with van der Waals surface area (Å²) in [6.07, 6.45) is 0. The lowest BCUT2D eigenvalue weighted by Crippen LogP contribution is -2.13. The first kappa shape index (κ1) is 48.2. The number of azo groups is 2. The van der Waals surface area contributed by atoms with Gasteiger partial charge in [-0.25, -0.2) is 0 Å². The predicted octanol–water partition coefficient (Wildman–Crippen LogP) is 18.3. The van der Waals surface area contributed by atoms with Crippen LogP contribution in [0.1, 0.15) is 47.8 Å². The smallest absolute Gasteiger partial charge is 0.259 e. The summed E-state index contributed by atoms with van der Waals surface area (Å²) in [4.78, 5) is 49.4. The fraction of sp³-hybridized carbons (Fsp3) is 0.0308. The lowest BCUT2D eigenvalue weighted by molar-refractivity contribution is 0.101. The van der Waals surface area contributed by atoms with Crippen LogP contribution in [0.15, 0.2) is 190 Å². The number of para-hydroxylation sites is 1. The number of aromatic amines is 2. The highest BCUT2D eigenvalue weighted by molar-refractivity contribution is 6.33. The van der Waals surface area contributed by atoms with Crippen molar-refractivity contribution in [3.8, 4) is 22.6 Å². The normalized spacial score (nSPS) is 12.4. The number of aromatic nitrogens is 2. The van der Waals surface area contributed by atoms with Crippen molar-refractivity contribution in [3.63, 3.8) is 0 Å². The van der Waals surface area contributed by atoms with Gasteiger partial charge in [-0.3, -0.25) is 14.4 Å². The number of fused-ring (bicyclic) bond motifs is 12. The molecule has 0 fully saturated rings. The van der Waals surface area contributed by atoms with Crippen molar-refractivity contribution in [2.45, 2.75) is 13.8 Å². The number of H-pyrrole nitrogens is 2. The zero-order valence-electron chi connectivity index (χ0n) is 42.3. The van der Waals surface area contributed by atoms with Crippen LogP contribution >= 0.6 is 23.2 Å². The van der Waals surface area contributed by atoms with Crippen LogP contribution in [0.3, 0.4) is 0 Å². The number of benzene rings is 11. The second kappa shape index (κ2) is 18.5. The van der Waals surface area contributed by atoms with Crippen LogP contribution in [0.5, 0.6) is 11.5 Å². The molecular weight excluding hydrogens is 1040 g/mol. The summed E-state index contributed by atoms with van der Waals surface area (Å²) >= 11 is 12.9. The molecule has 384 valence electrons. The Hall–Kier alpha value is -10.2. The molecule has 6 N–H and O–H groups in total. The minimum atomic E-state index is -0.527. The van der Waals surface area contributed by atoms with Gasteiger partial charge < -0.3 is 30.8 Å². The van der Waals surface area contributed by atoms with Crippen molar-refractivity contribution < 1.29 is 24.6 Å². The first-order chi connectivity index (χ1) is 38.9. The maximum atomic E-state index is 14.7. The lowest BCUT2D eigenvalue weighted by Gasteiger charge is -2.20. The van der Waals surface area contributed by atoms with Gasteiger partial charge in [0, 0.05) is 86.5 Å². The quantitative estimate of drug-likeness (QED) is 0.0649. The van der Waals surface area contributed by atoms with Crippen LogP contribution in [0.25, 0.3) is 87.1 Å². The monoisotopic (exact) mass is 1080 g/mol. The van der Waals surface area contributed by atoms with Crippen LogP contribution < -0.4 is 10.6 Å². The Labute approximate surface area is 463 Å². The number of phenolic OH excluding ortho intramolecular Hbond substituents is 2. The largest absolute Gasteiger partial charge is 0.505 e. The molecule has 2 amide bonds. The zero-order chi connectivity index (χ0) is 54.7. The number of hydrogen-bond acceptors (Lipinski definition) is 9. The molecule has 0 radical (unpaired) electrons. The molecule has 1 aliphatic carbocycles. The highest BCUT2D eigenvalue weighted by atomic mass is 35.5. The average Bonchev–Trinajstić information content (AvgIpc) is 4.10. The molecule has 2 aromatic heterocycles. The van der Waals surface area contributed by atoms with Gasteiger partial charge in [0.25, 0.3) is 11.8 Å². The summed E-state index contributed by atoms with van der Waals surface area (Å²) in [6.45, 7) is 3.73. The number of ketones is 1. The van der Waals surface area contributed by atoms with E-state index >= 15 is 0 Å². The molecule has 80 heavy (non-hydrogen) atoms. The average molecular weight is 1080 g/mol. The SMILES string of the molecule is Cc1ccccc1NC(=O)c1cc2ccc3c4cc(Cl)ccc4[nH]c3c2c(N=Nc2ccc3c4c(cccc24)C(=O)c2cc(N=Nc4c(O)c(NC(=O)c5ccccc5C)cc5ccc6c7cc(Cl)ccc7[nH]c6c45)ccc2-3)c1O. The molecule has 15 heteroatoms. The van der Waals surface area contributed by atoms with E-state index in [0.717, 1.165) is 49.3 Å². The third-order valence-corrected chi connectivity index (χ3v) is 15.6. The highest BCUT2D eigenvalue weighted by Gasteiger charge is 2.28. The van der Waals surface area contributed by atoms with Crippen molar-refractivity contribution in [2.24, 2.45) is 20.5 Å². The van der Waals surface area contributed by atoms with Crippen molar-refractivity contribution in [3.05, 3.63) is 213 Å². The second-order valence-electron chi connectivity index (χ2n) is 19.9. The first-order valence-electron chi connectivity index (χ1n) is 25.5. The summed E-state index contributed by atoms with van der Waals surface area (Å²) in [5.74, 6) is -1.85. The minimum Gasteiger partial charge on any atom is -0.505 e. The number of carbonyl (C=O) groups is 3. The molecule has 0 bridgehead atoms. The Balaban J connectivity index is 0.863. The Morgan fingerprint density at radius 3 is 1.77 bits per heavy atom. The molecule has 0 saturated carbocycles. The second-order valence-corrected chi connectivity index (χ2v) is 20.8. The van der Waals surface area contributed by atoms with Crippen LogP contribution in [0, 0.1) is 13.8 Å². The van der Waals surface area contributed by atoms with Gasteiger partial charge in [0.15, 0.2) is 17.3 Å². The number of anilines is 2. The van der Waals surface area contributed by atoms with Gasteiger partial charge in [-0.15, -0.1) is 15.3 Å². The van der Waals surface area contributed by atoms with E-state index in [1.54, 1.807) is 66.7 Å². The highest BCUT2D eigenvalue weighted by Crippen LogP contribution is 2.49. The third kappa shape index (κ3) is 7.73. The van der Waals surface area contributed by atoms with Crippen molar-refractivity contribution in [2.75, 3.05) is 10.6 Å². The summed E-state index contributed by atoms with van der Waals surface area (Å²) < 4.78 is 0. The first-order valence-corrected chi connectivity index (χ1v) is 26.2. The Kier molecular flexibility index (Phi) is 11.1. The molecule has 13 aromatic rings. The van der Waals surface area contributed by atoms with Crippen LogP contribution in [-0.4, -0.2) is 37.8 Å². The van der Waals surface area contributed by atoms with Gasteiger partial charge in [0.1, 0.15) is 11.4 Å². The van der Waals surface area contributed by atoms with E-state index < -0.39 is 11.8 Å². The molecule has 1 aliphatic rings. The fourth-order valence-electron chi connectivity index (χ4n) is 11.3. The van der Waals surface area contributed by atoms with E-state index in [9.17, 15) is 24.6 Å². The number of aryl methyl sites for hydroxylation is 2. The Morgan fingerprint density at radius 1 is 0.463 bits per heavy atom. The summed E-state index contributed by atoms with van der Waals surface area (Å²) in [5.41, 5.74) is 8.99. The topological polar surface area (TPSA) is 197 Å². The van der Waals surface area contributed by atoms with E-state index in [4.69, 9.17) is 38.5 Å². The third-order valence-electron chi connectivity index (χ3n) is 15.2. The fourth-order valence-corrected chi connectivity index (χ4v) is 11.6. The van der Waals surface area contributed by atoms with E-state index in [2.05, 4.69) is 25.7 Å². The number of nitrogens with one attached hydrogen (secondary N) is 4. The number of nitrogens with zero attached hydrogens (tertiary/aromatic N) is 4. The van der Waals surface area contributed by atoms with E-state index in [1.807, 2.05) is 117 Å². The van der Waals surface area contributed by atoms with Crippen LogP contribution in [0.2, 0.25) is 10.0 Å². The van der Waals surface area contributed by atoms with E-state index in [0.29, 0.717) is 92.7 Å². The van der Waals surface area contributed by atoms with Crippen molar-refractivity contribution in [1.29, 1.82) is 0 Å². The number of halogens is 2. The standard InChI is InChI=1S/C65H40Cl2N8O5/c1-31-8-3-5-10-38(31)64(79)71-53-27-34-15-20-42-46-29-36(67)17-24-51(46)69-58(42)55(34)60(63(53)78)74-72-37-18-21-39-40-22-25-52(43-11-7-12-44(56(40)43)61(76)47(39)30-37)73-75-59-54-33(14-19-41-45-28-35(66)16-23-50(45)68-57(41)54)26-48(62(59)77)65(80)70-49-13-6-4-9-32(49)2/h3-30,68-69,77-78H,1-2H3,(H,70,80)(H,71,79). The van der Waals surface area contributed by atoms with E-state index in [1.165, 1.54) is 0 Å². The van der Waals surface area contributed by atoms with Gasteiger partial charge in [-0.1, -0.05) is 114 Å². The number of phenols is 2. The molecule has 0 atom stereocenters. The summed E-state index contributed by atoms with van der Waals surface area (Å²) in [5, 5.41) is 57.3. The molecule has 0 spiro atoms. The minimum absolute atomic E-state index is 0.00419. The van der Waals surface area contributed by atoms with Gasteiger partial charge in [0.05, 0.1) is 33.7 Å². The molecule has 13 nitrogen and oxygen atoms in total. The molecule has 11 aromatic carbocycles. The Bertz CT molecular complexity index is 5000. The molecular formula is C65H40Cl2N8O5. The maximum absolute atomic E-state index is 14.7. The number of rotatable bonds is 8. The zero-order valence-corrected chi connectivity index (χ0v) is 43.8. The number of carbonyl (C=O) groups excluding carboxylic acids is 3. The van der Waals surface area contributed by atoms with Gasteiger partial charge in [-0.05, 0) is 126 Å². The summed E-state index contributed by atoms with van der Waals surface area (Å²) in [6, 6.07) is 51.1. The van der Waals surface area contributed by atoms with Crippen molar-refractivity contribution in [1.82, 2.24) is 9.97 Å². The molecule has 0 unspecified atom stereocenters.